The molecule has 1 saturated heterocycles. The van der Waals surface area contributed by atoms with Crippen molar-refractivity contribution in [2.75, 3.05) is 13.6 Å². The molecule has 1 amide bonds. The van der Waals surface area contributed by atoms with Crippen LogP contribution in [0.4, 0.5) is 0 Å². The minimum absolute atomic E-state index is 0.0875. The number of carbonyl (C=O) groups excluding carboxylic acids is 1. The van der Waals surface area contributed by atoms with Crippen LogP contribution in [0.2, 0.25) is 0 Å². The minimum Gasteiger partial charge on any atom is -0.339 e. The lowest BCUT2D eigenvalue weighted by Crippen LogP contribution is -2.35. The zero-order valence-electron chi connectivity index (χ0n) is 11.5. The van der Waals surface area contributed by atoms with Crippen LogP contribution in [0.3, 0.4) is 0 Å². The molecule has 19 heavy (non-hydrogen) atoms. The monoisotopic (exact) mass is 324 g/mol. The largest absolute Gasteiger partial charge is 0.339 e. The number of nitrogens with zero attached hydrogens (tertiary/aromatic N) is 1. The number of amides is 1. The summed E-state index contributed by atoms with van der Waals surface area (Å²) in [5.74, 6) is 0.211. The average Bonchev–Trinajstić information content (AvgIpc) is 2.90. The van der Waals surface area contributed by atoms with E-state index in [9.17, 15) is 4.79 Å². The molecule has 1 aromatic rings. The van der Waals surface area contributed by atoms with Crippen molar-refractivity contribution in [3.8, 4) is 0 Å². The van der Waals surface area contributed by atoms with E-state index in [4.69, 9.17) is 0 Å². The van der Waals surface area contributed by atoms with E-state index in [2.05, 4.69) is 34.2 Å². The number of hydrogen-bond donors (Lipinski definition) is 1. The molecule has 1 aliphatic heterocycles. The van der Waals surface area contributed by atoms with Gasteiger partial charge < -0.3 is 10.2 Å². The van der Waals surface area contributed by atoms with Crippen molar-refractivity contribution in [2.45, 2.75) is 38.3 Å². The Labute approximate surface area is 123 Å². The van der Waals surface area contributed by atoms with Gasteiger partial charge in [-0.15, -0.1) is 0 Å². The van der Waals surface area contributed by atoms with Gasteiger partial charge in [0.1, 0.15) is 0 Å². The van der Waals surface area contributed by atoms with Crippen molar-refractivity contribution in [3.05, 3.63) is 34.3 Å². The lowest BCUT2D eigenvalue weighted by atomic mass is 10.1. The highest BCUT2D eigenvalue weighted by Gasteiger charge is 2.23. The lowest BCUT2D eigenvalue weighted by molar-refractivity contribution is -0.132. The van der Waals surface area contributed by atoms with Gasteiger partial charge in [0.05, 0.1) is 6.04 Å². The molecule has 0 bridgehead atoms. The van der Waals surface area contributed by atoms with E-state index >= 15 is 0 Å². The summed E-state index contributed by atoms with van der Waals surface area (Å²) in [7, 11) is 1.89. The Bertz CT molecular complexity index is 444. The Hall–Kier alpha value is -0.870. The molecular weight excluding hydrogens is 304 g/mol. The molecule has 2 unspecified atom stereocenters. The van der Waals surface area contributed by atoms with E-state index in [1.165, 1.54) is 6.42 Å². The first-order valence-corrected chi connectivity index (χ1v) is 7.62. The summed E-state index contributed by atoms with van der Waals surface area (Å²) in [5.41, 5.74) is 1.15. The van der Waals surface area contributed by atoms with Crippen LogP contribution in [0.25, 0.3) is 0 Å². The zero-order valence-corrected chi connectivity index (χ0v) is 13.1. The number of nitrogens with one attached hydrogen (secondary N) is 1. The van der Waals surface area contributed by atoms with Gasteiger partial charge >= 0.3 is 0 Å². The van der Waals surface area contributed by atoms with Gasteiger partial charge in [0, 0.05) is 24.0 Å². The fourth-order valence-electron chi connectivity index (χ4n) is 2.52. The quantitative estimate of drug-likeness (QED) is 0.922. The number of rotatable bonds is 4. The van der Waals surface area contributed by atoms with Gasteiger partial charge in [-0.05, 0) is 37.9 Å². The Morgan fingerprint density at radius 1 is 1.53 bits per heavy atom. The average molecular weight is 325 g/mol. The predicted molar refractivity (Wildman–Crippen MR) is 81.0 cm³/mol. The molecule has 0 aromatic heterocycles. The van der Waals surface area contributed by atoms with Crippen LogP contribution in [-0.2, 0) is 4.79 Å². The summed E-state index contributed by atoms with van der Waals surface area (Å²) in [6.45, 7) is 3.11. The Morgan fingerprint density at radius 2 is 2.26 bits per heavy atom. The smallest absolute Gasteiger partial charge is 0.224 e. The van der Waals surface area contributed by atoms with Gasteiger partial charge in [-0.1, -0.05) is 34.1 Å². The standard InChI is InChI=1S/C15H21BrN2O/c1-11(13-7-3-4-8-14(13)16)18(2)15(19)10-12-6-5-9-17-12/h3-4,7-8,11-12,17H,5-6,9-10H2,1-2H3. The zero-order chi connectivity index (χ0) is 13.8. The molecule has 2 atom stereocenters. The first-order valence-electron chi connectivity index (χ1n) is 6.83. The molecule has 4 heteroatoms. The third-order valence-corrected chi connectivity index (χ3v) is 4.64. The third kappa shape index (κ3) is 3.57. The molecule has 1 aliphatic rings. The molecule has 1 heterocycles. The van der Waals surface area contributed by atoms with Gasteiger partial charge in [-0.3, -0.25) is 4.79 Å². The highest BCUT2D eigenvalue weighted by Crippen LogP contribution is 2.27. The summed E-state index contributed by atoms with van der Waals surface area (Å²) >= 11 is 3.55. The van der Waals surface area contributed by atoms with Gasteiger partial charge in [0.15, 0.2) is 0 Å². The molecule has 1 aromatic carbocycles. The van der Waals surface area contributed by atoms with Crippen molar-refractivity contribution in [2.24, 2.45) is 0 Å². The van der Waals surface area contributed by atoms with Gasteiger partial charge in [0.25, 0.3) is 0 Å². The van der Waals surface area contributed by atoms with E-state index in [0.29, 0.717) is 12.5 Å². The number of hydrogen-bond acceptors (Lipinski definition) is 2. The van der Waals surface area contributed by atoms with Crippen molar-refractivity contribution in [3.63, 3.8) is 0 Å². The molecule has 104 valence electrons. The second-order valence-corrected chi connectivity index (χ2v) is 6.05. The SMILES string of the molecule is CC(c1ccccc1Br)N(C)C(=O)CC1CCCN1. The lowest BCUT2D eigenvalue weighted by Gasteiger charge is -2.27. The Kier molecular flexibility index (Phi) is 4.99. The predicted octanol–water partition coefficient (Wildman–Crippen LogP) is 3.11. The molecule has 0 radical (unpaired) electrons. The van der Waals surface area contributed by atoms with E-state index in [1.54, 1.807) is 0 Å². The van der Waals surface area contributed by atoms with Crippen LogP contribution in [0.5, 0.6) is 0 Å². The van der Waals surface area contributed by atoms with Gasteiger partial charge in [0.2, 0.25) is 5.91 Å². The van der Waals surface area contributed by atoms with Crippen molar-refractivity contribution >= 4 is 21.8 Å². The van der Waals surface area contributed by atoms with Gasteiger partial charge in [-0.2, -0.15) is 0 Å². The molecule has 0 aliphatic carbocycles. The first kappa shape index (κ1) is 14.5. The highest BCUT2D eigenvalue weighted by atomic mass is 79.9. The normalized spacial score (nSPS) is 20.3. The van der Waals surface area contributed by atoms with Crippen LogP contribution < -0.4 is 5.32 Å². The molecule has 3 nitrogen and oxygen atoms in total. The van der Waals surface area contributed by atoms with Gasteiger partial charge in [-0.25, -0.2) is 0 Å². The maximum Gasteiger partial charge on any atom is 0.224 e. The second kappa shape index (κ2) is 6.53. The number of carbonyl (C=O) groups is 1. The van der Waals surface area contributed by atoms with E-state index < -0.39 is 0 Å². The van der Waals surface area contributed by atoms with E-state index in [1.807, 2.05) is 30.1 Å². The number of halogens is 1. The second-order valence-electron chi connectivity index (χ2n) is 5.20. The molecule has 0 spiro atoms. The molecule has 2 rings (SSSR count). The van der Waals surface area contributed by atoms with Crippen LogP contribution >= 0.6 is 15.9 Å². The molecule has 0 saturated carbocycles. The van der Waals surface area contributed by atoms with Crippen molar-refractivity contribution in [1.82, 2.24) is 10.2 Å². The Morgan fingerprint density at radius 3 is 2.89 bits per heavy atom. The summed E-state index contributed by atoms with van der Waals surface area (Å²) < 4.78 is 1.06. The van der Waals surface area contributed by atoms with Crippen LogP contribution in [0.15, 0.2) is 28.7 Å². The molecule has 1 N–H and O–H groups in total. The molecule has 1 fully saturated rings. The summed E-state index contributed by atoms with van der Waals surface area (Å²) in [6.07, 6.45) is 2.90. The highest BCUT2D eigenvalue weighted by molar-refractivity contribution is 9.10. The van der Waals surface area contributed by atoms with Crippen molar-refractivity contribution in [1.29, 1.82) is 0 Å². The summed E-state index contributed by atoms with van der Waals surface area (Å²) in [6, 6.07) is 8.53. The maximum atomic E-state index is 12.3. The van der Waals surface area contributed by atoms with Crippen LogP contribution in [0, 0.1) is 0 Å². The van der Waals surface area contributed by atoms with Crippen molar-refractivity contribution < 1.29 is 4.79 Å². The summed E-state index contributed by atoms with van der Waals surface area (Å²) in [4.78, 5) is 14.1. The molecular formula is C15H21BrN2O. The Balaban J connectivity index is 2.00. The number of benzene rings is 1. The summed E-state index contributed by atoms with van der Waals surface area (Å²) in [5, 5.41) is 3.38. The fourth-order valence-corrected chi connectivity index (χ4v) is 3.14. The van der Waals surface area contributed by atoms with E-state index in [-0.39, 0.29) is 11.9 Å². The van der Waals surface area contributed by atoms with Crippen LogP contribution in [0.1, 0.15) is 37.8 Å². The van der Waals surface area contributed by atoms with Crippen LogP contribution in [-0.4, -0.2) is 30.4 Å². The first-order chi connectivity index (χ1) is 9.09. The maximum absolute atomic E-state index is 12.3. The topological polar surface area (TPSA) is 32.3 Å². The third-order valence-electron chi connectivity index (χ3n) is 3.91. The van der Waals surface area contributed by atoms with E-state index in [0.717, 1.165) is 23.0 Å². The minimum atomic E-state index is 0.0875. The fraction of sp³-hybridized carbons (Fsp3) is 0.533.